The van der Waals surface area contributed by atoms with Crippen LogP contribution >= 0.6 is 0 Å². The van der Waals surface area contributed by atoms with Crippen LogP contribution in [0.2, 0.25) is 0 Å². The Morgan fingerprint density at radius 1 is 1.42 bits per heavy atom. The molecule has 0 aromatic carbocycles. The minimum atomic E-state index is -0.0458. The molecule has 1 aliphatic heterocycles. The Labute approximate surface area is 74.6 Å². The summed E-state index contributed by atoms with van der Waals surface area (Å²) in [5, 5.41) is 0. The van der Waals surface area contributed by atoms with E-state index in [4.69, 9.17) is 10.6 Å². The van der Waals surface area contributed by atoms with Crippen LogP contribution in [0, 0.1) is 5.92 Å². The van der Waals surface area contributed by atoms with Gasteiger partial charge in [-0.2, -0.15) is 0 Å². The Morgan fingerprint density at radius 2 is 2.00 bits per heavy atom. The van der Waals surface area contributed by atoms with Gasteiger partial charge in [0.15, 0.2) is 0 Å². The van der Waals surface area contributed by atoms with Crippen molar-refractivity contribution >= 4 is 0 Å². The van der Waals surface area contributed by atoms with Crippen LogP contribution < -0.4 is 11.3 Å². The van der Waals surface area contributed by atoms with Crippen molar-refractivity contribution in [2.45, 2.75) is 45.3 Å². The van der Waals surface area contributed by atoms with Crippen LogP contribution in [-0.2, 0) is 4.74 Å². The summed E-state index contributed by atoms with van der Waals surface area (Å²) in [5.41, 5.74) is 2.68. The number of nitrogens with one attached hydrogen (secondary N) is 1. The molecule has 72 valence electrons. The topological polar surface area (TPSA) is 47.3 Å². The Bertz CT molecular complexity index is 166. The van der Waals surface area contributed by atoms with Gasteiger partial charge in [0.05, 0.1) is 11.2 Å². The van der Waals surface area contributed by atoms with Crippen molar-refractivity contribution in [3.63, 3.8) is 0 Å². The highest BCUT2D eigenvalue weighted by atomic mass is 16.5. The number of ether oxygens (including phenoxy) is 1. The fraction of sp³-hybridized carbons (Fsp3) is 1.00. The third kappa shape index (κ3) is 1.97. The monoisotopic (exact) mass is 172 g/mol. The quantitative estimate of drug-likeness (QED) is 0.483. The molecule has 0 amide bonds. The van der Waals surface area contributed by atoms with Crippen LogP contribution in [0.3, 0.4) is 0 Å². The Balaban J connectivity index is 2.64. The van der Waals surface area contributed by atoms with E-state index in [1.54, 1.807) is 0 Å². The third-order valence-corrected chi connectivity index (χ3v) is 2.62. The maximum atomic E-state index is 5.91. The summed E-state index contributed by atoms with van der Waals surface area (Å²) in [7, 11) is 0. The average molecular weight is 172 g/mol. The van der Waals surface area contributed by atoms with Gasteiger partial charge in [-0.25, -0.2) is 0 Å². The van der Waals surface area contributed by atoms with E-state index < -0.39 is 0 Å². The highest BCUT2D eigenvalue weighted by molar-refractivity contribution is 4.94. The van der Waals surface area contributed by atoms with E-state index in [1.165, 1.54) is 0 Å². The van der Waals surface area contributed by atoms with Gasteiger partial charge in [0.2, 0.25) is 0 Å². The highest BCUT2D eigenvalue weighted by Gasteiger charge is 2.45. The molecular weight excluding hydrogens is 152 g/mol. The van der Waals surface area contributed by atoms with Crippen LogP contribution in [0.5, 0.6) is 0 Å². The van der Waals surface area contributed by atoms with Gasteiger partial charge in [0, 0.05) is 12.5 Å². The fourth-order valence-electron chi connectivity index (χ4n) is 2.14. The molecule has 1 unspecified atom stereocenters. The molecule has 0 spiro atoms. The van der Waals surface area contributed by atoms with E-state index in [-0.39, 0.29) is 11.2 Å². The lowest BCUT2D eigenvalue weighted by Crippen LogP contribution is -2.38. The summed E-state index contributed by atoms with van der Waals surface area (Å²) in [6.07, 6.45) is 1.07. The summed E-state index contributed by atoms with van der Waals surface area (Å²) in [6.45, 7) is 9.35. The molecule has 12 heavy (non-hydrogen) atoms. The van der Waals surface area contributed by atoms with Crippen molar-refractivity contribution in [3.8, 4) is 0 Å². The second kappa shape index (κ2) is 2.98. The first-order valence-electron chi connectivity index (χ1n) is 4.51. The minimum Gasteiger partial charge on any atom is -0.369 e. The molecule has 1 saturated heterocycles. The largest absolute Gasteiger partial charge is 0.369 e. The van der Waals surface area contributed by atoms with Crippen LogP contribution in [-0.4, -0.2) is 17.7 Å². The van der Waals surface area contributed by atoms with Gasteiger partial charge in [-0.1, -0.05) is 0 Å². The molecule has 1 rings (SSSR count). The minimum absolute atomic E-state index is 0.00498. The molecule has 0 aliphatic carbocycles. The average Bonchev–Trinajstić information content (AvgIpc) is 2.01. The normalized spacial score (nSPS) is 32.2. The molecule has 0 bridgehead atoms. The molecule has 1 atom stereocenters. The van der Waals surface area contributed by atoms with Gasteiger partial charge in [-0.15, -0.1) is 0 Å². The van der Waals surface area contributed by atoms with Crippen molar-refractivity contribution in [1.29, 1.82) is 0 Å². The van der Waals surface area contributed by atoms with Crippen molar-refractivity contribution in [2.24, 2.45) is 11.8 Å². The first kappa shape index (κ1) is 9.96. The molecule has 0 saturated carbocycles. The van der Waals surface area contributed by atoms with Crippen molar-refractivity contribution in [2.75, 3.05) is 6.54 Å². The van der Waals surface area contributed by atoms with E-state index in [1.807, 2.05) is 0 Å². The fourth-order valence-corrected chi connectivity index (χ4v) is 2.14. The standard InChI is InChI=1S/C9H20N2O/c1-8(2)5-7(6-11-10)9(3,4)12-8/h7,11H,5-6,10H2,1-4H3. The lowest BCUT2D eigenvalue weighted by Gasteiger charge is -2.27. The molecule has 1 aliphatic rings. The summed E-state index contributed by atoms with van der Waals surface area (Å²) >= 11 is 0. The molecular formula is C9H20N2O. The third-order valence-electron chi connectivity index (χ3n) is 2.62. The van der Waals surface area contributed by atoms with E-state index in [0.717, 1.165) is 13.0 Å². The summed E-state index contributed by atoms with van der Waals surface area (Å²) in [4.78, 5) is 0. The van der Waals surface area contributed by atoms with E-state index in [2.05, 4.69) is 33.1 Å². The highest BCUT2D eigenvalue weighted by Crippen LogP contribution is 2.41. The molecule has 1 heterocycles. The zero-order chi connectivity index (χ0) is 9.41. The van der Waals surface area contributed by atoms with Gasteiger partial charge in [0.1, 0.15) is 0 Å². The van der Waals surface area contributed by atoms with Gasteiger partial charge < -0.3 is 4.74 Å². The van der Waals surface area contributed by atoms with Crippen molar-refractivity contribution in [1.82, 2.24) is 5.43 Å². The lowest BCUT2D eigenvalue weighted by molar-refractivity contribution is -0.0742. The zero-order valence-corrected chi connectivity index (χ0v) is 8.48. The number of hydrazine groups is 1. The molecule has 0 aromatic heterocycles. The molecule has 3 N–H and O–H groups in total. The zero-order valence-electron chi connectivity index (χ0n) is 8.48. The lowest BCUT2D eigenvalue weighted by atomic mass is 9.87. The maximum Gasteiger partial charge on any atom is 0.0675 e. The van der Waals surface area contributed by atoms with Crippen molar-refractivity contribution in [3.05, 3.63) is 0 Å². The van der Waals surface area contributed by atoms with Crippen LogP contribution in [0.15, 0.2) is 0 Å². The Kier molecular flexibility index (Phi) is 2.47. The Morgan fingerprint density at radius 3 is 2.33 bits per heavy atom. The van der Waals surface area contributed by atoms with Gasteiger partial charge in [-0.05, 0) is 34.1 Å². The van der Waals surface area contributed by atoms with Crippen LogP contribution in [0.4, 0.5) is 0 Å². The number of hydrogen-bond donors (Lipinski definition) is 2. The second-order valence-corrected chi connectivity index (χ2v) is 4.77. The van der Waals surface area contributed by atoms with E-state index in [9.17, 15) is 0 Å². The van der Waals surface area contributed by atoms with E-state index in [0.29, 0.717) is 5.92 Å². The first-order valence-corrected chi connectivity index (χ1v) is 4.51. The summed E-state index contributed by atoms with van der Waals surface area (Å²) < 4.78 is 5.91. The first-order chi connectivity index (χ1) is 5.37. The number of nitrogens with two attached hydrogens (primary N) is 1. The van der Waals surface area contributed by atoms with Crippen LogP contribution in [0.25, 0.3) is 0 Å². The van der Waals surface area contributed by atoms with Gasteiger partial charge in [0.25, 0.3) is 0 Å². The van der Waals surface area contributed by atoms with Crippen molar-refractivity contribution < 1.29 is 4.74 Å². The van der Waals surface area contributed by atoms with E-state index >= 15 is 0 Å². The molecule has 0 aromatic rings. The second-order valence-electron chi connectivity index (χ2n) is 4.77. The number of hydrogen-bond acceptors (Lipinski definition) is 3. The Hall–Kier alpha value is -0.120. The predicted molar refractivity (Wildman–Crippen MR) is 49.5 cm³/mol. The smallest absolute Gasteiger partial charge is 0.0675 e. The predicted octanol–water partition coefficient (Wildman–Crippen LogP) is 1.04. The van der Waals surface area contributed by atoms with Crippen LogP contribution in [0.1, 0.15) is 34.1 Å². The molecule has 3 heteroatoms. The molecule has 0 radical (unpaired) electrons. The SMILES string of the molecule is CC1(C)CC(CNN)C(C)(C)O1. The molecule has 1 fully saturated rings. The number of rotatable bonds is 2. The summed E-state index contributed by atoms with van der Waals surface area (Å²) in [6, 6.07) is 0. The van der Waals surface area contributed by atoms with Gasteiger partial charge >= 0.3 is 0 Å². The molecule has 3 nitrogen and oxygen atoms in total. The maximum absolute atomic E-state index is 5.91. The summed E-state index contributed by atoms with van der Waals surface area (Å²) in [5.74, 6) is 5.82. The van der Waals surface area contributed by atoms with Gasteiger partial charge in [-0.3, -0.25) is 11.3 Å².